The number of rotatable bonds is 11. The minimum Gasteiger partial charge on any atom is -0.493 e. The number of ether oxygens (including phenoxy) is 1. The minimum atomic E-state index is 0.109. The first-order chi connectivity index (χ1) is 14.4. The monoisotopic (exact) mass is 432 g/mol. The smallest absolute Gasteiger partial charge is 0.192 e. The van der Waals surface area contributed by atoms with Crippen LogP contribution in [0.5, 0.6) is 5.75 Å². The lowest BCUT2D eigenvalue weighted by atomic mass is 10.1. The normalized spacial score (nSPS) is 12.8. The van der Waals surface area contributed by atoms with Crippen LogP contribution >= 0.6 is 11.8 Å². The van der Waals surface area contributed by atoms with E-state index in [4.69, 9.17) is 9.73 Å². The van der Waals surface area contributed by atoms with Crippen molar-refractivity contribution in [1.29, 1.82) is 0 Å². The molecule has 0 amide bonds. The fourth-order valence-corrected chi connectivity index (χ4v) is 3.15. The van der Waals surface area contributed by atoms with E-state index in [1.54, 1.807) is 0 Å². The maximum absolute atomic E-state index is 5.79. The first-order valence-electron chi connectivity index (χ1n) is 10.5. The third kappa shape index (κ3) is 7.89. The Hall–Kier alpha value is -2.22. The SMILES string of the molecule is CSCCCNC(=NCc1nnc(C)n1C)NC(C)c1ccc(OCC(C)C)cc1. The minimum absolute atomic E-state index is 0.109. The summed E-state index contributed by atoms with van der Waals surface area (Å²) in [7, 11) is 1.96. The number of aryl methyl sites for hydroxylation is 1. The third-order valence-electron chi connectivity index (χ3n) is 4.70. The zero-order valence-corrected chi connectivity index (χ0v) is 19.9. The van der Waals surface area contributed by atoms with Gasteiger partial charge in [0.1, 0.15) is 18.1 Å². The van der Waals surface area contributed by atoms with Gasteiger partial charge in [0.25, 0.3) is 0 Å². The van der Waals surface area contributed by atoms with Gasteiger partial charge in [-0.2, -0.15) is 11.8 Å². The molecule has 1 unspecified atom stereocenters. The molecular weight excluding hydrogens is 396 g/mol. The molecule has 166 valence electrons. The van der Waals surface area contributed by atoms with Crippen molar-refractivity contribution in [3.8, 4) is 5.75 Å². The molecule has 0 saturated heterocycles. The van der Waals surface area contributed by atoms with E-state index >= 15 is 0 Å². The van der Waals surface area contributed by atoms with Crippen molar-refractivity contribution in [2.45, 2.75) is 46.7 Å². The summed E-state index contributed by atoms with van der Waals surface area (Å²) in [6, 6.07) is 8.37. The van der Waals surface area contributed by atoms with Crippen LogP contribution in [-0.2, 0) is 13.6 Å². The number of nitrogens with zero attached hydrogens (tertiary/aromatic N) is 4. The zero-order chi connectivity index (χ0) is 21.9. The number of aliphatic imine (C=N–C) groups is 1. The van der Waals surface area contributed by atoms with E-state index < -0.39 is 0 Å². The van der Waals surface area contributed by atoms with Crippen LogP contribution in [0, 0.1) is 12.8 Å². The molecule has 1 aromatic heterocycles. The summed E-state index contributed by atoms with van der Waals surface area (Å²) in [5, 5.41) is 15.3. The molecule has 0 fully saturated rings. The maximum atomic E-state index is 5.79. The van der Waals surface area contributed by atoms with Gasteiger partial charge in [-0.15, -0.1) is 10.2 Å². The van der Waals surface area contributed by atoms with E-state index in [0.717, 1.165) is 48.7 Å². The summed E-state index contributed by atoms with van der Waals surface area (Å²) < 4.78 is 7.75. The van der Waals surface area contributed by atoms with Crippen LogP contribution in [0.1, 0.15) is 50.4 Å². The highest BCUT2D eigenvalue weighted by Crippen LogP contribution is 2.18. The summed E-state index contributed by atoms with van der Waals surface area (Å²) >= 11 is 1.85. The molecule has 0 bridgehead atoms. The highest BCUT2D eigenvalue weighted by atomic mass is 32.2. The highest BCUT2D eigenvalue weighted by Gasteiger charge is 2.10. The summed E-state index contributed by atoms with van der Waals surface area (Å²) in [6.07, 6.45) is 3.21. The van der Waals surface area contributed by atoms with Gasteiger partial charge in [0, 0.05) is 13.6 Å². The van der Waals surface area contributed by atoms with E-state index in [1.165, 1.54) is 5.56 Å². The molecule has 2 N–H and O–H groups in total. The van der Waals surface area contributed by atoms with Gasteiger partial charge in [-0.3, -0.25) is 0 Å². The second-order valence-electron chi connectivity index (χ2n) is 7.80. The standard InChI is InChI=1S/C22H36N6OS/c1-16(2)15-29-20-10-8-19(9-11-20)17(3)25-22(23-12-7-13-30-6)24-14-21-27-26-18(4)28(21)5/h8-11,16-17H,7,12-15H2,1-6H3,(H2,23,24,25). The topological polar surface area (TPSA) is 76.4 Å². The van der Waals surface area contributed by atoms with Gasteiger partial charge < -0.3 is 19.9 Å². The van der Waals surface area contributed by atoms with Crippen molar-refractivity contribution in [3.63, 3.8) is 0 Å². The summed E-state index contributed by atoms with van der Waals surface area (Å²) in [4.78, 5) is 4.74. The lowest BCUT2D eigenvalue weighted by Gasteiger charge is -2.19. The molecule has 8 heteroatoms. The lowest BCUT2D eigenvalue weighted by molar-refractivity contribution is 0.271. The highest BCUT2D eigenvalue weighted by molar-refractivity contribution is 7.98. The Labute approximate surface area is 185 Å². The predicted octanol–water partition coefficient (Wildman–Crippen LogP) is 3.71. The third-order valence-corrected chi connectivity index (χ3v) is 5.39. The van der Waals surface area contributed by atoms with Crippen LogP contribution in [0.2, 0.25) is 0 Å². The van der Waals surface area contributed by atoms with Crippen molar-refractivity contribution < 1.29 is 4.74 Å². The summed E-state index contributed by atoms with van der Waals surface area (Å²) in [5.41, 5.74) is 1.18. The molecule has 1 heterocycles. The van der Waals surface area contributed by atoms with Crippen molar-refractivity contribution in [1.82, 2.24) is 25.4 Å². The summed E-state index contributed by atoms with van der Waals surface area (Å²) in [5.74, 6) is 5.05. The van der Waals surface area contributed by atoms with Gasteiger partial charge in [0.15, 0.2) is 11.8 Å². The number of thioether (sulfide) groups is 1. The maximum Gasteiger partial charge on any atom is 0.192 e. The Morgan fingerprint density at radius 1 is 1.20 bits per heavy atom. The largest absolute Gasteiger partial charge is 0.493 e. The molecule has 0 aliphatic heterocycles. The van der Waals surface area contributed by atoms with Crippen molar-refractivity contribution in [2.75, 3.05) is 25.2 Å². The van der Waals surface area contributed by atoms with Crippen molar-refractivity contribution >= 4 is 17.7 Å². The van der Waals surface area contributed by atoms with Gasteiger partial charge in [-0.1, -0.05) is 26.0 Å². The van der Waals surface area contributed by atoms with Crippen LogP contribution in [0.15, 0.2) is 29.3 Å². The van der Waals surface area contributed by atoms with Gasteiger partial charge >= 0.3 is 0 Å². The first-order valence-corrected chi connectivity index (χ1v) is 11.9. The van der Waals surface area contributed by atoms with Gasteiger partial charge in [0.05, 0.1) is 12.6 Å². The number of nitrogens with one attached hydrogen (secondary N) is 2. The molecule has 30 heavy (non-hydrogen) atoms. The average Bonchev–Trinajstić information content (AvgIpc) is 3.05. The number of aromatic nitrogens is 3. The van der Waals surface area contributed by atoms with Crippen LogP contribution in [-0.4, -0.2) is 45.9 Å². The lowest BCUT2D eigenvalue weighted by Crippen LogP contribution is -2.39. The molecular formula is C22H36N6OS. The molecule has 0 aliphatic rings. The Morgan fingerprint density at radius 3 is 2.53 bits per heavy atom. The number of hydrogen-bond donors (Lipinski definition) is 2. The van der Waals surface area contributed by atoms with E-state index in [0.29, 0.717) is 12.5 Å². The molecule has 1 aromatic carbocycles. The van der Waals surface area contributed by atoms with Crippen LogP contribution in [0.25, 0.3) is 0 Å². The van der Waals surface area contributed by atoms with Crippen LogP contribution in [0.4, 0.5) is 0 Å². The molecule has 1 atom stereocenters. The second-order valence-corrected chi connectivity index (χ2v) is 8.79. The molecule has 2 rings (SSSR count). The van der Waals surface area contributed by atoms with Gasteiger partial charge in [-0.05, 0) is 55.9 Å². The fraction of sp³-hybridized carbons (Fsp3) is 0.591. The Kier molecular flexibility index (Phi) is 10.00. The Balaban J connectivity index is 2.02. The molecule has 0 radical (unpaired) electrons. The van der Waals surface area contributed by atoms with E-state index in [2.05, 4.69) is 60.0 Å². The van der Waals surface area contributed by atoms with Gasteiger partial charge in [0.2, 0.25) is 0 Å². The quantitative estimate of drug-likeness (QED) is 0.320. The first kappa shape index (κ1) is 24.1. The molecule has 2 aromatic rings. The van der Waals surface area contributed by atoms with Crippen LogP contribution in [0.3, 0.4) is 0 Å². The summed E-state index contributed by atoms with van der Waals surface area (Å²) in [6.45, 7) is 10.5. The number of guanidine groups is 1. The van der Waals surface area contributed by atoms with Crippen molar-refractivity contribution in [3.05, 3.63) is 41.5 Å². The Morgan fingerprint density at radius 2 is 1.93 bits per heavy atom. The molecule has 0 saturated carbocycles. The van der Waals surface area contributed by atoms with E-state index in [1.807, 2.05) is 42.4 Å². The fourth-order valence-electron chi connectivity index (χ4n) is 2.72. The van der Waals surface area contributed by atoms with Gasteiger partial charge in [-0.25, -0.2) is 4.99 Å². The molecule has 7 nitrogen and oxygen atoms in total. The van der Waals surface area contributed by atoms with E-state index in [-0.39, 0.29) is 6.04 Å². The average molecular weight is 433 g/mol. The predicted molar refractivity (Wildman–Crippen MR) is 126 cm³/mol. The molecule has 0 spiro atoms. The second kappa shape index (κ2) is 12.5. The Bertz CT molecular complexity index is 787. The van der Waals surface area contributed by atoms with Crippen molar-refractivity contribution in [2.24, 2.45) is 18.0 Å². The van der Waals surface area contributed by atoms with Crippen LogP contribution < -0.4 is 15.4 Å². The van der Waals surface area contributed by atoms with E-state index in [9.17, 15) is 0 Å². The molecule has 0 aliphatic carbocycles. The zero-order valence-electron chi connectivity index (χ0n) is 19.1. The number of benzene rings is 1. The number of hydrogen-bond acceptors (Lipinski definition) is 5.